The minimum atomic E-state index is -1.39. The second-order valence-electron chi connectivity index (χ2n) is 9.05. The normalized spacial score (nSPS) is 13.1. The number of nitrogens with zero attached hydrogens (tertiary/aromatic N) is 1. The van der Waals surface area contributed by atoms with Gasteiger partial charge in [-0.05, 0) is 52.7 Å². The van der Waals surface area contributed by atoms with E-state index in [1.54, 1.807) is 65.8 Å². The van der Waals surface area contributed by atoms with Crippen LogP contribution in [0.2, 0.25) is 0 Å². The Morgan fingerprint density at radius 2 is 1.73 bits per heavy atom. The van der Waals surface area contributed by atoms with Crippen molar-refractivity contribution in [2.24, 2.45) is 5.73 Å². The van der Waals surface area contributed by atoms with Gasteiger partial charge >= 0.3 is 6.09 Å². The lowest BCUT2D eigenvalue weighted by atomic mass is 9.97. The number of nitrogens with one attached hydrogen (secondary N) is 2. The largest absolute Gasteiger partial charge is 0.444 e. The highest BCUT2D eigenvalue weighted by molar-refractivity contribution is 5.94. The molecule has 1 aromatic rings. The average molecular weight is 465 g/mol. The summed E-state index contributed by atoms with van der Waals surface area (Å²) in [4.78, 5) is 51.9. The topological polar surface area (TPSA) is 151 Å². The van der Waals surface area contributed by atoms with Crippen LogP contribution in [0.5, 0.6) is 0 Å². The van der Waals surface area contributed by atoms with Crippen molar-refractivity contribution in [3.63, 3.8) is 0 Å². The van der Waals surface area contributed by atoms with Crippen molar-refractivity contribution in [3.8, 4) is 0 Å². The number of amides is 4. The Labute approximate surface area is 194 Å². The Kier molecular flexibility index (Phi) is 10.3. The number of rotatable bonds is 10. The van der Waals surface area contributed by atoms with Gasteiger partial charge in [0.1, 0.15) is 17.7 Å². The summed E-state index contributed by atoms with van der Waals surface area (Å²) in [7, 11) is 0. The van der Waals surface area contributed by atoms with Crippen molar-refractivity contribution in [2.45, 2.75) is 71.7 Å². The average Bonchev–Trinajstić information content (AvgIpc) is 2.65. The van der Waals surface area contributed by atoms with Crippen molar-refractivity contribution in [1.29, 1.82) is 0 Å². The molecule has 0 aliphatic heterocycles. The first kappa shape index (κ1) is 27.9. The zero-order valence-corrected chi connectivity index (χ0v) is 20.2. The maximum atomic E-state index is 13.5. The van der Waals surface area contributed by atoms with Gasteiger partial charge in [0.2, 0.25) is 17.7 Å². The Bertz CT molecular complexity index is 850. The summed E-state index contributed by atoms with van der Waals surface area (Å²) in [5.41, 5.74) is 5.78. The number of primary amides is 1. The van der Waals surface area contributed by atoms with E-state index in [4.69, 9.17) is 10.5 Å². The second kappa shape index (κ2) is 12.2. The number of alkyl carbamates (subject to hydrolysis) is 1. The zero-order chi connectivity index (χ0) is 25.3. The quantitative estimate of drug-likeness (QED) is 0.408. The maximum absolute atomic E-state index is 13.5. The van der Waals surface area contributed by atoms with Gasteiger partial charge in [-0.15, -0.1) is 0 Å². The molecule has 0 bridgehead atoms. The van der Waals surface area contributed by atoms with E-state index in [1.807, 2.05) is 0 Å². The summed E-state index contributed by atoms with van der Waals surface area (Å²) >= 11 is 0. The Hall–Kier alpha value is -3.14. The van der Waals surface area contributed by atoms with Crippen LogP contribution in [0.15, 0.2) is 24.3 Å². The van der Waals surface area contributed by atoms with Gasteiger partial charge in [0, 0.05) is 12.6 Å². The van der Waals surface area contributed by atoms with Gasteiger partial charge in [0.05, 0.1) is 13.0 Å². The summed E-state index contributed by atoms with van der Waals surface area (Å²) in [5, 5.41) is 14.9. The molecule has 184 valence electrons. The molecule has 33 heavy (non-hydrogen) atoms. The smallest absolute Gasteiger partial charge is 0.408 e. The van der Waals surface area contributed by atoms with Crippen LogP contribution in [0, 0.1) is 6.92 Å². The fourth-order valence-electron chi connectivity index (χ4n) is 3.23. The van der Waals surface area contributed by atoms with E-state index in [1.165, 1.54) is 0 Å². The van der Waals surface area contributed by atoms with Gasteiger partial charge in [-0.2, -0.15) is 0 Å². The van der Waals surface area contributed by atoms with Crippen LogP contribution in [0.1, 0.15) is 58.2 Å². The molecular weight excluding hydrogens is 428 g/mol. The van der Waals surface area contributed by atoms with Crippen LogP contribution in [0.4, 0.5) is 4.79 Å². The Balaban J connectivity index is 3.44. The molecule has 2 atom stereocenters. The van der Waals surface area contributed by atoms with Gasteiger partial charge in [0.25, 0.3) is 0 Å². The van der Waals surface area contributed by atoms with Crippen molar-refractivity contribution in [2.75, 3.05) is 13.2 Å². The minimum absolute atomic E-state index is 0.212. The number of benzene rings is 1. The number of aryl methyl sites for hydroxylation is 1. The molecule has 0 fully saturated rings. The van der Waals surface area contributed by atoms with Gasteiger partial charge < -0.3 is 31.1 Å². The Morgan fingerprint density at radius 3 is 2.21 bits per heavy atom. The molecule has 0 heterocycles. The first-order valence-electron chi connectivity index (χ1n) is 10.8. The van der Waals surface area contributed by atoms with Gasteiger partial charge in [-0.3, -0.25) is 14.4 Å². The number of hydrogen-bond donors (Lipinski definition) is 4. The first-order valence-corrected chi connectivity index (χ1v) is 10.8. The fraction of sp³-hybridized carbons (Fsp3) is 0.565. The summed E-state index contributed by atoms with van der Waals surface area (Å²) in [6.07, 6.45) is -1.42. The number of nitrogens with two attached hydrogens (primary N) is 1. The van der Waals surface area contributed by atoms with Gasteiger partial charge in [-0.25, -0.2) is 4.79 Å². The number of carbonyl (C=O) groups is 4. The molecule has 5 N–H and O–H groups in total. The SMILES string of the molecule is Cc1ccccc1C(C(=O)NC(C)C)N(CCO)C(=O)C(CC(N)=O)NC(=O)OC(C)(C)C. The lowest BCUT2D eigenvalue weighted by Crippen LogP contribution is -2.55. The molecule has 0 aliphatic rings. The monoisotopic (exact) mass is 464 g/mol. The molecule has 0 aromatic heterocycles. The summed E-state index contributed by atoms with van der Waals surface area (Å²) in [6.45, 7) is 9.66. The van der Waals surface area contributed by atoms with Crippen LogP contribution in [0.3, 0.4) is 0 Å². The van der Waals surface area contributed by atoms with E-state index in [0.717, 1.165) is 10.5 Å². The summed E-state index contributed by atoms with van der Waals surface area (Å²) in [6, 6.07) is 4.34. The van der Waals surface area contributed by atoms with Crippen molar-refractivity contribution in [1.82, 2.24) is 15.5 Å². The third-order valence-corrected chi connectivity index (χ3v) is 4.49. The van der Waals surface area contributed by atoms with Crippen molar-refractivity contribution >= 4 is 23.8 Å². The van der Waals surface area contributed by atoms with Crippen LogP contribution in [-0.2, 0) is 19.1 Å². The molecule has 1 aromatic carbocycles. The molecule has 0 saturated heterocycles. The van der Waals surface area contributed by atoms with Crippen LogP contribution in [-0.4, -0.2) is 64.7 Å². The van der Waals surface area contributed by atoms with Crippen molar-refractivity contribution in [3.05, 3.63) is 35.4 Å². The van der Waals surface area contributed by atoms with E-state index in [0.29, 0.717) is 5.56 Å². The fourth-order valence-corrected chi connectivity index (χ4v) is 3.23. The second-order valence-corrected chi connectivity index (χ2v) is 9.05. The van der Waals surface area contributed by atoms with Crippen LogP contribution in [0.25, 0.3) is 0 Å². The molecule has 2 unspecified atom stereocenters. The van der Waals surface area contributed by atoms with E-state index >= 15 is 0 Å². The standard InChI is InChI=1S/C23H36N4O6/c1-14(2)25-20(30)19(16-10-8-7-9-15(16)3)27(11-12-28)21(31)17(13-18(24)29)26-22(32)33-23(4,5)6/h7-10,14,17,19,28H,11-13H2,1-6H3,(H2,24,29)(H,25,30)(H,26,32). The van der Waals surface area contributed by atoms with E-state index in [-0.39, 0.29) is 12.6 Å². The summed E-state index contributed by atoms with van der Waals surface area (Å²) in [5.74, 6) is -2.04. The molecule has 4 amide bonds. The molecule has 10 nitrogen and oxygen atoms in total. The van der Waals surface area contributed by atoms with Crippen LogP contribution < -0.4 is 16.4 Å². The van der Waals surface area contributed by atoms with Gasteiger partial charge in [-0.1, -0.05) is 24.3 Å². The molecule has 0 saturated carbocycles. The van der Waals surface area contributed by atoms with Crippen LogP contribution >= 0.6 is 0 Å². The summed E-state index contributed by atoms with van der Waals surface area (Å²) < 4.78 is 5.20. The Morgan fingerprint density at radius 1 is 1.12 bits per heavy atom. The highest BCUT2D eigenvalue weighted by Gasteiger charge is 2.37. The predicted octanol–water partition coefficient (Wildman–Crippen LogP) is 1.15. The zero-order valence-electron chi connectivity index (χ0n) is 20.2. The highest BCUT2D eigenvalue weighted by atomic mass is 16.6. The third kappa shape index (κ3) is 9.09. The van der Waals surface area contributed by atoms with E-state index < -0.39 is 54.5 Å². The number of aliphatic hydroxyl groups is 1. The predicted molar refractivity (Wildman–Crippen MR) is 123 cm³/mol. The molecular formula is C23H36N4O6. The number of ether oxygens (including phenoxy) is 1. The lowest BCUT2D eigenvalue weighted by Gasteiger charge is -2.34. The maximum Gasteiger partial charge on any atom is 0.408 e. The van der Waals surface area contributed by atoms with Gasteiger partial charge in [0.15, 0.2) is 0 Å². The lowest BCUT2D eigenvalue weighted by molar-refractivity contribution is -0.144. The molecule has 0 aliphatic carbocycles. The van der Waals surface area contributed by atoms with Crippen molar-refractivity contribution < 1.29 is 29.0 Å². The molecule has 1 rings (SSSR count). The first-order chi connectivity index (χ1) is 15.3. The number of hydrogen-bond acceptors (Lipinski definition) is 6. The minimum Gasteiger partial charge on any atom is -0.444 e. The highest BCUT2D eigenvalue weighted by Crippen LogP contribution is 2.26. The molecule has 0 radical (unpaired) electrons. The molecule has 10 heteroatoms. The number of carbonyl (C=O) groups excluding carboxylic acids is 4. The van der Waals surface area contributed by atoms with E-state index in [2.05, 4.69) is 10.6 Å². The molecule has 0 spiro atoms. The van der Waals surface area contributed by atoms with E-state index in [9.17, 15) is 24.3 Å². The number of aliphatic hydroxyl groups excluding tert-OH is 1. The third-order valence-electron chi connectivity index (χ3n) is 4.49.